The highest BCUT2D eigenvalue weighted by Crippen LogP contribution is 2.55. The molecule has 3 nitrogen and oxygen atoms in total. The van der Waals surface area contributed by atoms with Crippen molar-refractivity contribution in [3.05, 3.63) is 108 Å². The SMILES string of the molecule is COCC1(C(N)=O)CCC(SC(c2ccccc2)(c2ccccc2)c2ccccc2)C1. The summed E-state index contributed by atoms with van der Waals surface area (Å²) < 4.78 is 5.03. The Morgan fingerprint density at radius 2 is 1.39 bits per heavy atom. The molecule has 0 aromatic heterocycles. The Morgan fingerprint density at radius 1 is 0.935 bits per heavy atom. The Kier molecular flexibility index (Phi) is 6.49. The van der Waals surface area contributed by atoms with Gasteiger partial charge in [-0.2, -0.15) is 0 Å². The highest BCUT2D eigenvalue weighted by molar-refractivity contribution is 8.01. The first-order valence-electron chi connectivity index (χ1n) is 10.7. The van der Waals surface area contributed by atoms with Crippen LogP contribution in [-0.2, 0) is 14.3 Å². The van der Waals surface area contributed by atoms with Crippen molar-refractivity contribution in [2.24, 2.45) is 11.1 Å². The Labute approximate surface area is 189 Å². The number of amides is 1. The van der Waals surface area contributed by atoms with E-state index in [0.717, 1.165) is 19.3 Å². The zero-order chi connectivity index (χ0) is 21.7. The van der Waals surface area contributed by atoms with Crippen LogP contribution in [0.2, 0.25) is 0 Å². The minimum absolute atomic E-state index is 0.248. The van der Waals surface area contributed by atoms with Crippen molar-refractivity contribution >= 4 is 17.7 Å². The van der Waals surface area contributed by atoms with Crippen LogP contribution in [0.4, 0.5) is 0 Å². The van der Waals surface area contributed by atoms with Crippen LogP contribution in [-0.4, -0.2) is 24.9 Å². The summed E-state index contributed by atoms with van der Waals surface area (Å²) in [5, 5.41) is 0.281. The molecular formula is C27H29NO2S. The average Bonchev–Trinajstić information content (AvgIpc) is 3.23. The molecular weight excluding hydrogens is 402 g/mol. The average molecular weight is 432 g/mol. The molecule has 2 unspecified atom stereocenters. The first-order chi connectivity index (χ1) is 15.1. The van der Waals surface area contributed by atoms with Crippen molar-refractivity contribution < 1.29 is 9.53 Å². The Morgan fingerprint density at radius 3 is 1.77 bits per heavy atom. The van der Waals surface area contributed by atoms with Crippen molar-refractivity contribution in [3.63, 3.8) is 0 Å². The van der Waals surface area contributed by atoms with E-state index in [4.69, 9.17) is 10.5 Å². The maximum Gasteiger partial charge on any atom is 0.226 e. The fraction of sp³-hybridized carbons (Fsp3) is 0.296. The van der Waals surface area contributed by atoms with E-state index in [1.54, 1.807) is 7.11 Å². The molecule has 31 heavy (non-hydrogen) atoms. The van der Waals surface area contributed by atoms with E-state index in [1.165, 1.54) is 16.7 Å². The van der Waals surface area contributed by atoms with Crippen LogP contribution in [0.25, 0.3) is 0 Å². The standard InChI is InChI=1S/C27H29NO2S/c1-30-20-26(25(28)29)18-17-24(19-26)31-27(21-11-5-2-6-12-21,22-13-7-3-8-14-22)23-15-9-4-10-16-23/h2-16,24H,17-20H2,1H3,(H2,28,29). The van der Waals surface area contributed by atoms with Gasteiger partial charge in [-0.15, -0.1) is 11.8 Å². The van der Waals surface area contributed by atoms with Crippen molar-refractivity contribution in [2.45, 2.75) is 29.3 Å². The highest BCUT2D eigenvalue weighted by atomic mass is 32.2. The van der Waals surface area contributed by atoms with Crippen LogP contribution < -0.4 is 5.73 Å². The predicted molar refractivity (Wildman–Crippen MR) is 128 cm³/mol. The van der Waals surface area contributed by atoms with Gasteiger partial charge < -0.3 is 10.5 Å². The monoisotopic (exact) mass is 431 g/mol. The fourth-order valence-electron chi connectivity index (χ4n) is 4.85. The zero-order valence-corrected chi connectivity index (χ0v) is 18.7. The van der Waals surface area contributed by atoms with Gasteiger partial charge in [0.2, 0.25) is 5.91 Å². The second-order valence-electron chi connectivity index (χ2n) is 8.34. The van der Waals surface area contributed by atoms with Gasteiger partial charge in [-0.05, 0) is 36.0 Å². The summed E-state index contributed by atoms with van der Waals surface area (Å²) in [5.41, 5.74) is 8.98. The fourth-order valence-corrected chi connectivity index (χ4v) is 6.81. The molecule has 3 aromatic carbocycles. The van der Waals surface area contributed by atoms with Gasteiger partial charge >= 0.3 is 0 Å². The molecule has 160 valence electrons. The molecule has 0 spiro atoms. The molecule has 4 rings (SSSR count). The molecule has 1 amide bonds. The number of rotatable bonds is 8. The lowest BCUT2D eigenvalue weighted by molar-refractivity contribution is -0.130. The molecule has 0 aliphatic heterocycles. The third-order valence-corrected chi connectivity index (χ3v) is 8.19. The molecule has 4 heteroatoms. The van der Waals surface area contributed by atoms with Gasteiger partial charge in [0, 0.05) is 12.4 Å². The third-order valence-electron chi connectivity index (χ3n) is 6.39. The summed E-state index contributed by atoms with van der Waals surface area (Å²) in [4.78, 5) is 12.4. The summed E-state index contributed by atoms with van der Waals surface area (Å²) in [6.07, 6.45) is 2.43. The Hall–Kier alpha value is -2.56. The zero-order valence-electron chi connectivity index (χ0n) is 17.9. The molecule has 2 N–H and O–H groups in total. The molecule has 0 radical (unpaired) electrons. The van der Waals surface area contributed by atoms with Gasteiger partial charge in [0.1, 0.15) is 0 Å². The van der Waals surface area contributed by atoms with E-state index in [0.29, 0.717) is 6.61 Å². The third kappa shape index (κ3) is 4.15. The second kappa shape index (κ2) is 9.29. The van der Waals surface area contributed by atoms with Crippen LogP contribution in [0.5, 0.6) is 0 Å². The number of nitrogens with two attached hydrogens (primary N) is 1. The summed E-state index contributed by atoms with van der Waals surface area (Å²) in [6.45, 7) is 0.383. The van der Waals surface area contributed by atoms with E-state index in [1.807, 2.05) is 11.8 Å². The quantitative estimate of drug-likeness (QED) is 0.487. The minimum Gasteiger partial charge on any atom is -0.384 e. The van der Waals surface area contributed by atoms with E-state index < -0.39 is 5.41 Å². The number of benzene rings is 3. The van der Waals surface area contributed by atoms with Gasteiger partial charge in [-0.1, -0.05) is 91.0 Å². The normalized spacial score (nSPS) is 21.1. The van der Waals surface area contributed by atoms with Crippen molar-refractivity contribution in [2.75, 3.05) is 13.7 Å². The van der Waals surface area contributed by atoms with Crippen molar-refractivity contribution in [1.29, 1.82) is 0 Å². The number of hydrogen-bond acceptors (Lipinski definition) is 3. The van der Waals surface area contributed by atoms with Crippen LogP contribution in [0.15, 0.2) is 91.0 Å². The van der Waals surface area contributed by atoms with Gasteiger partial charge in [0.05, 0.1) is 16.8 Å². The molecule has 1 fully saturated rings. The van der Waals surface area contributed by atoms with Crippen LogP contribution in [0.3, 0.4) is 0 Å². The van der Waals surface area contributed by atoms with Gasteiger partial charge in [0.25, 0.3) is 0 Å². The molecule has 1 aliphatic rings. The van der Waals surface area contributed by atoms with E-state index in [-0.39, 0.29) is 15.9 Å². The summed E-state index contributed by atoms with van der Waals surface area (Å²) in [6, 6.07) is 32.0. The Bertz CT molecular complexity index is 897. The first-order valence-corrected chi connectivity index (χ1v) is 11.6. The first kappa shape index (κ1) is 21.7. The number of carbonyl (C=O) groups excluding carboxylic acids is 1. The van der Waals surface area contributed by atoms with Crippen LogP contribution in [0.1, 0.15) is 36.0 Å². The maximum absolute atomic E-state index is 12.4. The molecule has 0 saturated heterocycles. The van der Waals surface area contributed by atoms with Crippen LogP contribution in [0, 0.1) is 5.41 Å². The largest absolute Gasteiger partial charge is 0.384 e. The number of carbonyl (C=O) groups is 1. The smallest absolute Gasteiger partial charge is 0.226 e. The summed E-state index contributed by atoms with van der Waals surface area (Å²) >= 11 is 1.94. The molecule has 0 bridgehead atoms. The summed E-state index contributed by atoms with van der Waals surface area (Å²) in [7, 11) is 1.65. The number of methoxy groups -OCH3 is 1. The van der Waals surface area contributed by atoms with E-state index in [9.17, 15) is 4.79 Å². The lowest BCUT2D eigenvalue weighted by Gasteiger charge is -2.38. The van der Waals surface area contributed by atoms with Crippen molar-refractivity contribution in [3.8, 4) is 0 Å². The number of primary amides is 1. The predicted octanol–water partition coefficient (Wildman–Crippen LogP) is 5.38. The second-order valence-corrected chi connectivity index (χ2v) is 9.85. The lowest BCUT2D eigenvalue weighted by Crippen LogP contribution is -2.39. The molecule has 3 aromatic rings. The van der Waals surface area contributed by atoms with Gasteiger partial charge in [-0.3, -0.25) is 4.79 Å². The topological polar surface area (TPSA) is 52.3 Å². The van der Waals surface area contributed by atoms with Gasteiger partial charge in [-0.25, -0.2) is 0 Å². The number of ether oxygens (including phenoxy) is 1. The summed E-state index contributed by atoms with van der Waals surface area (Å²) in [5.74, 6) is -0.248. The molecule has 2 atom stereocenters. The number of hydrogen-bond donors (Lipinski definition) is 1. The van der Waals surface area contributed by atoms with Crippen molar-refractivity contribution in [1.82, 2.24) is 0 Å². The minimum atomic E-state index is -0.581. The highest BCUT2D eigenvalue weighted by Gasteiger charge is 2.48. The van der Waals surface area contributed by atoms with E-state index >= 15 is 0 Å². The van der Waals surface area contributed by atoms with Crippen LogP contribution >= 0.6 is 11.8 Å². The maximum atomic E-state index is 12.4. The molecule has 0 heterocycles. The Balaban J connectivity index is 1.83. The lowest BCUT2D eigenvalue weighted by atomic mass is 9.84. The molecule has 1 saturated carbocycles. The molecule has 1 aliphatic carbocycles. The van der Waals surface area contributed by atoms with E-state index in [2.05, 4.69) is 91.0 Å². The number of thioether (sulfide) groups is 1. The van der Waals surface area contributed by atoms with Gasteiger partial charge in [0.15, 0.2) is 0 Å².